The number of amides is 1. The van der Waals surface area contributed by atoms with E-state index in [1.54, 1.807) is 31.4 Å². The van der Waals surface area contributed by atoms with Crippen LogP contribution in [0.2, 0.25) is 0 Å². The Bertz CT molecular complexity index is 417. The maximum Gasteiger partial charge on any atom is 0.251 e. The average Bonchev–Trinajstić information content (AvgIpc) is 2.64. The van der Waals surface area contributed by atoms with Crippen molar-refractivity contribution in [2.45, 2.75) is 44.2 Å². The molecule has 0 aromatic heterocycles. The van der Waals surface area contributed by atoms with Gasteiger partial charge in [-0.15, -0.1) is 0 Å². The molecule has 2 rings (SSSR count). The van der Waals surface area contributed by atoms with Crippen LogP contribution in [-0.4, -0.2) is 25.1 Å². The molecule has 1 saturated carbocycles. The number of benzene rings is 1. The summed E-state index contributed by atoms with van der Waals surface area (Å²) in [5.41, 5.74) is 6.77. The van der Waals surface area contributed by atoms with Gasteiger partial charge in [-0.05, 0) is 37.1 Å². The molecule has 1 aromatic rings. The van der Waals surface area contributed by atoms with Crippen molar-refractivity contribution in [2.75, 3.05) is 7.11 Å². The van der Waals surface area contributed by atoms with E-state index in [9.17, 15) is 4.79 Å². The van der Waals surface area contributed by atoms with Crippen molar-refractivity contribution in [3.05, 3.63) is 29.8 Å². The Morgan fingerprint density at radius 1 is 1.21 bits per heavy atom. The van der Waals surface area contributed by atoms with Gasteiger partial charge in [-0.25, -0.2) is 0 Å². The van der Waals surface area contributed by atoms with Gasteiger partial charge >= 0.3 is 0 Å². The van der Waals surface area contributed by atoms with E-state index in [0.717, 1.165) is 31.4 Å². The minimum atomic E-state index is -0.0509. The smallest absolute Gasteiger partial charge is 0.251 e. The largest absolute Gasteiger partial charge is 0.497 e. The van der Waals surface area contributed by atoms with Crippen molar-refractivity contribution < 1.29 is 9.53 Å². The average molecular weight is 262 g/mol. The van der Waals surface area contributed by atoms with Gasteiger partial charge in [-0.1, -0.05) is 19.3 Å². The van der Waals surface area contributed by atoms with Crippen LogP contribution in [-0.2, 0) is 0 Å². The zero-order valence-electron chi connectivity index (χ0n) is 11.4. The van der Waals surface area contributed by atoms with E-state index < -0.39 is 0 Å². The SMILES string of the molecule is COc1ccc(C(=O)NC2CCCCCC2N)cc1. The summed E-state index contributed by atoms with van der Waals surface area (Å²) in [6, 6.07) is 7.30. The Kier molecular flexibility index (Phi) is 4.80. The van der Waals surface area contributed by atoms with Crippen molar-refractivity contribution in [1.29, 1.82) is 0 Å². The molecule has 1 fully saturated rings. The van der Waals surface area contributed by atoms with Gasteiger partial charge < -0.3 is 15.8 Å². The Hall–Kier alpha value is -1.55. The molecule has 0 radical (unpaired) electrons. The van der Waals surface area contributed by atoms with Gasteiger partial charge in [0.1, 0.15) is 5.75 Å². The number of nitrogens with two attached hydrogens (primary N) is 1. The van der Waals surface area contributed by atoms with Gasteiger partial charge in [-0.2, -0.15) is 0 Å². The topological polar surface area (TPSA) is 64.3 Å². The summed E-state index contributed by atoms with van der Waals surface area (Å²) in [6.45, 7) is 0. The number of methoxy groups -OCH3 is 1. The van der Waals surface area contributed by atoms with E-state index in [2.05, 4.69) is 5.32 Å². The van der Waals surface area contributed by atoms with Gasteiger partial charge in [0.15, 0.2) is 0 Å². The highest BCUT2D eigenvalue weighted by molar-refractivity contribution is 5.94. The molecule has 3 N–H and O–H groups in total. The molecule has 1 aliphatic carbocycles. The third-order valence-corrected chi connectivity index (χ3v) is 3.74. The molecule has 1 aromatic carbocycles. The summed E-state index contributed by atoms with van der Waals surface area (Å²) in [5, 5.41) is 3.06. The summed E-state index contributed by atoms with van der Waals surface area (Å²) < 4.78 is 5.08. The first-order valence-electron chi connectivity index (χ1n) is 6.91. The van der Waals surface area contributed by atoms with E-state index in [-0.39, 0.29) is 18.0 Å². The molecule has 2 unspecified atom stereocenters. The van der Waals surface area contributed by atoms with Crippen LogP contribution in [0.25, 0.3) is 0 Å². The fourth-order valence-electron chi connectivity index (χ4n) is 2.51. The normalized spacial score (nSPS) is 23.5. The summed E-state index contributed by atoms with van der Waals surface area (Å²) in [7, 11) is 1.61. The highest BCUT2D eigenvalue weighted by Gasteiger charge is 2.22. The molecule has 1 amide bonds. The van der Waals surface area contributed by atoms with Crippen molar-refractivity contribution in [1.82, 2.24) is 5.32 Å². The molecule has 0 bridgehead atoms. The van der Waals surface area contributed by atoms with Crippen LogP contribution in [0.4, 0.5) is 0 Å². The molecule has 0 aliphatic heterocycles. The zero-order valence-corrected chi connectivity index (χ0v) is 11.4. The molecule has 0 spiro atoms. The quantitative estimate of drug-likeness (QED) is 0.820. The molecular weight excluding hydrogens is 240 g/mol. The van der Waals surface area contributed by atoms with E-state index >= 15 is 0 Å². The Morgan fingerprint density at radius 3 is 2.58 bits per heavy atom. The fraction of sp³-hybridized carbons (Fsp3) is 0.533. The van der Waals surface area contributed by atoms with Gasteiger partial charge in [0.25, 0.3) is 5.91 Å². The van der Waals surface area contributed by atoms with E-state index in [4.69, 9.17) is 10.5 Å². The second-order valence-corrected chi connectivity index (χ2v) is 5.11. The maximum atomic E-state index is 12.2. The predicted octanol–water partition coefficient (Wildman–Crippen LogP) is 2.08. The van der Waals surface area contributed by atoms with Gasteiger partial charge in [0.2, 0.25) is 0 Å². The van der Waals surface area contributed by atoms with E-state index in [1.807, 2.05) is 0 Å². The number of carbonyl (C=O) groups excluding carboxylic acids is 1. The lowest BCUT2D eigenvalue weighted by atomic mass is 10.0. The lowest BCUT2D eigenvalue weighted by Crippen LogP contribution is -2.46. The lowest BCUT2D eigenvalue weighted by molar-refractivity contribution is 0.0929. The summed E-state index contributed by atoms with van der Waals surface area (Å²) >= 11 is 0. The first kappa shape index (κ1) is 13.9. The summed E-state index contributed by atoms with van der Waals surface area (Å²) in [6.07, 6.45) is 5.48. The summed E-state index contributed by atoms with van der Waals surface area (Å²) in [5.74, 6) is 0.702. The molecule has 104 valence electrons. The minimum absolute atomic E-state index is 0.0509. The molecule has 4 nitrogen and oxygen atoms in total. The first-order chi connectivity index (χ1) is 9.20. The number of ether oxygens (including phenoxy) is 1. The van der Waals surface area contributed by atoms with E-state index in [0.29, 0.717) is 5.56 Å². The molecule has 0 heterocycles. The van der Waals surface area contributed by atoms with Crippen LogP contribution in [0.5, 0.6) is 5.75 Å². The number of hydrogen-bond acceptors (Lipinski definition) is 3. The zero-order chi connectivity index (χ0) is 13.7. The van der Waals surface area contributed by atoms with Crippen molar-refractivity contribution in [2.24, 2.45) is 5.73 Å². The monoisotopic (exact) mass is 262 g/mol. The third-order valence-electron chi connectivity index (χ3n) is 3.74. The van der Waals surface area contributed by atoms with Gasteiger partial charge in [0.05, 0.1) is 7.11 Å². The molecular formula is C15H22N2O2. The highest BCUT2D eigenvalue weighted by Crippen LogP contribution is 2.17. The number of hydrogen-bond donors (Lipinski definition) is 2. The second kappa shape index (κ2) is 6.57. The maximum absolute atomic E-state index is 12.2. The van der Waals surface area contributed by atoms with Crippen LogP contribution < -0.4 is 15.8 Å². The van der Waals surface area contributed by atoms with Crippen LogP contribution in [0.3, 0.4) is 0 Å². The molecule has 0 saturated heterocycles. The molecule has 1 aliphatic rings. The molecule has 4 heteroatoms. The van der Waals surface area contributed by atoms with Crippen molar-refractivity contribution in [3.63, 3.8) is 0 Å². The predicted molar refractivity (Wildman–Crippen MR) is 75.3 cm³/mol. The fourth-order valence-corrected chi connectivity index (χ4v) is 2.51. The number of rotatable bonds is 3. The number of carbonyl (C=O) groups is 1. The van der Waals surface area contributed by atoms with Crippen LogP contribution in [0, 0.1) is 0 Å². The molecule has 2 atom stereocenters. The lowest BCUT2D eigenvalue weighted by Gasteiger charge is -2.22. The van der Waals surface area contributed by atoms with Crippen LogP contribution >= 0.6 is 0 Å². The number of nitrogens with one attached hydrogen (secondary N) is 1. The Morgan fingerprint density at radius 2 is 1.89 bits per heavy atom. The Balaban J connectivity index is 1.98. The minimum Gasteiger partial charge on any atom is -0.497 e. The molecule has 19 heavy (non-hydrogen) atoms. The van der Waals surface area contributed by atoms with Crippen LogP contribution in [0.15, 0.2) is 24.3 Å². The van der Waals surface area contributed by atoms with Gasteiger partial charge in [0, 0.05) is 17.6 Å². The Labute approximate surface area is 114 Å². The van der Waals surface area contributed by atoms with Gasteiger partial charge in [-0.3, -0.25) is 4.79 Å². The van der Waals surface area contributed by atoms with Crippen LogP contribution in [0.1, 0.15) is 42.5 Å². The second-order valence-electron chi connectivity index (χ2n) is 5.11. The van der Waals surface area contributed by atoms with E-state index in [1.165, 1.54) is 6.42 Å². The highest BCUT2D eigenvalue weighted by atomic mass is 16.5. The first-order valence-corrected chi connectivity index (χ1v) is 6.91. The third kappa shape index (κ3) is 3.70. The standard InChI is InChI=1S/C15H22N2O2/c1-19-12-9-7-11(8-10-12)15(18)17-14-6-4-2-3-5-13(14)16/h7-10,13-14H,2-6,16H2,1H3,(H,17,18). The summed E-state index contributed by atoms with van der Waals surface area (Å²) in [4.78, 5) is 12.2. The van der Waals surface area contributed by atoms with Crippen molar-refractivity contribution >= 4 is 5.91 Å². The van der Waals surface area contributed by atoms with Crippen molar-refractivity contribution in [3.8, 4) is 5.75 Å².